The van der Waals surface area contributed by atoms with Crippen LogP contribution in [0.25, 0.3) is 0 Å². The summed E-state index contributed by atoms with van der Waals surface area (Å²) < 4.78 is 42.0. The first-order valence-corrected chi connectivity index (χ1v) is 5.94. The lowest BCUT2D eigenvalue weighted by Gasteiger charge is -2.22. The monoisotopic (exact) mass is 289 g/mol. The first kappa shape index (κ1) is 14.3. The number of halogens is 3. The fraction of sp³-hybridized carbons (Fsp3) is 0.417. The van der Waals surface area contributed by atoms with E-state index in [0.29, 0.717) is 17.1 Å². The first-order valence-electron chi connectivity index (χ1n) is 5.94. The van der Waals surface area contributed by atoms with Crippen LogP contribution in [0.2, 0.25) is 0 Å². The number of nitrogens with one attached hydrogen (secondary N) is 2. The summed E-state index contributed by atoms with van der Waals surface area (Å²) in [6.07, 6.45) is -5.24. The number of nitrogens with two attached hydrogens (primary N) is 1. The Kier molecular flexibility index (Phi) is 3.65. The molecule has 2 rings (SSSR count). The maximum Gasteiger partial charge on any atom is 0.391 e. The van der Waals surface area contributed by atoms with E-state index in [1.165, 1.54) is 19.1 Å². The zero-order valence-electron chi connectivity index (χ0n) is 10.7. The highest BCUT2D eigenvalue weighted by atomic mass is 19.4. The van der Waals surface area contributed by atoms with Crippen LogP contribution in [0.4, 0.5) is 30.2 Å². The van der Waals surface area contributed by atoms with E-state index < -0.39 is 18.6 Å². The molecule has 0 bridgehead atoms. The number of ether oxygens (including phenoxy) is 1. The van der Waals surface area contributed by atoms with Crippen molar-refractivity contribution in [3.05, 3.63) is 12.1 Å². The van der Waals surface area contributed by atoms with Crippen LogP contribution in [-0.2, 0) is 4.79 Å². The second-order valence-corrected chi connectivity index (χ2v) is 4.64. The number of nitrogen functional groups attached to an aromatic ring is 1. The quantitative estimate of drug-likeness (QED) is 0.747. The van der Waals surface area contributed by atoms with Gasteiger partial charge in [-0.25, -0.2) is 0 Å². The molecule has 1 aliphatic heterocycles. The van der Waals surface area contributed by atoms with Crippen LogP contribution in [0.5, 0.6) is 5.75 Å². The van der Waals surface area contributed by atoms with Crippen molar-refractivity contribution in [3.63, 3.8) is 0 Å². The fourth-order valence-corrected chi connectivity index (χ4v) is 1.93. The highest BCUT2D eigenvalue weighted by Gasteiger charge is 2.30. The number of hydrogen-bond acceptors (Lipinski definition) is 4. The number of anilines is 3. The fourth-order valence-electron chi connectivity index (χ4n) is 1.93. The summed E-state index contributed by atoms with van der Waals surface area (Å²) in [4.78, 5) is 11.2. The number of benzene rings is 1. The number of amides is 1. The molecule has 20 heavy (non-hydrogen) atoms. The van der Waals surface area contributed by atoms with Crippen molar-refractivity contribution in [1.82, 2.24) is 0 Å². The van der Waals surface area contributed by atoms with Crippen LogP contribution in [-0.4, -0.2) is 24.7 Å². The molecule has 1 unspecified atom stereocenters. The molecule has 110 valence electrons. The van der Waals surface area contributed by atoms with Gasteiger partial charge in [0.25, 0.3) is 5.91 Å². The summed E-state index contributed by atoms with van der Waals surface area (Å²) >= 11 is 0. The maximum atomic E-state index is 12.3. The second-order valence-electron chi connectivity index (χ2n) is 4.64. The molecule has 4 N–H and O–H groups in total. The van der Waals surface area contributed by atoms with Crippen molar-refractivity contribution in [2.45, 2.75) is 25.6 Å². The van der Waals surface area contributed by atoms with Crippen LogP contribution in [0.3, 0.4) is 0 Å². The molecule has 5 nitrogen and oxygen atoms in total. The van der Waals surface area contributed by atoms with Crippen LogP contribution in [0, 0.1) is 0 Å². The summed E-state index contributed by atoms with van der Waals surface area (Å²) in [5.74, 6) is 0.0766. The van der Waals surface area contributed by atoms with Crippen molar-refractivity contribution in [1.29, 1.82) is 0 Å². The van der Waals surface area contributed by atoms with E-state index >= 15 is 0 Å². The van der Waals surface area contributed by atoms with Crippen molar-refractivity contribution in [2.24, 2.45) is 0 Å². The predicted molar refractivity (Wildman–Crippen MR) is 68.7 cm³/mol. The summed E-state index contributed by atoms with van der Waals surface area (Å²) in [6.45, 7) is 1.30. The standard InChI is InChI=1S/C12H14F3N3O2/c1-6(4-12(13,14)15)17-8-3-9-10(2-7(8)16)20-5-11(19)18-9/h2-3,6,17H,4-5,16H2,1H3,(H,18,19). The van der Waals surface area contributed by atoms with E-state index in [2.05, 4.69) is 10.6 Å². The average molecular weight is 289 g/mol. The number of carbonyl (C=O) groups is 1. The average Bonchev–Trinajstić information content (AvgIpc) is 2.28. The van der Waals surface area contributed by atoms with Gasteiger partial charge in [0.1, 0.15) is 5.75 Å². The van der Waals surface area contributed by atoms with Crippen molar-refractivity contribution in [3.8, 4) is 5.75 Å². The van der Waals surface area contributed by atoms with Gasteiger partial charge in [-0.05, 0) is 13.0 Å². The Morgan fingerprint density at radius 1 is 1.50 bits per heavy atom. The maximum absolute atomic E-state index is 12.3. The number of carbonyl (C=O) groups excluding carboxylic acids is 1. The zero-order valence-corrected chi connectivity index (χ0v) is 10.7. The highest BCUT2D eigenvalue weighted by molar-refractivity contribution is 5.97. The molecule has 8 heteroatoms. The summed E-state index contributed by atoms with van der Waals surface area (Å²) in [5.41, 5.74) is 6.72. The van der Waals surface area contributed by atoms with Crippen molar-refractivity contribution in [2.75, 3.05) is 23.0 Å². The van der Waals surface area contributed by atoms with Gasteiger partial charge in [-0.3, -0.25) is 4.79 Å². The SMILES string of the molecule is CC(CC(F)(F)F)Nc1cc2c(cc1N)OCC(=O)N2. The van der Waals surface area contributed by atoms with Gasteiger partial charge in [-0.2, -0.15) is 13.2 Å². The Balaban J connectivity index is 2.16. The Bertz CT molecular complexity index is 531. The summed E-state index contributed by atoms with van der Waals surface area (Å²) in [5, 5.41) is 5.25. The number of hydrogen-bond donors (Lipinski definition) is 3. The molecule has 0 aliphatic carbocycles. The van der Waals surface area contributed by atoms with E-state index in [9.17, 15) is 18.0 Å². The highest BCUT2D eigenvalue weighted by Crippen LogP contribution is 2.36. The third kappa shape index (κ3) is 3.46. The predicted octanol–water partition coefficient (Wildman–Crippen LogP) is 2.35. The van der Waals surface area contributed by atoms with E-state index in [0.717, 1.165) is 0 Å². The van der Waals surface area contributed by atoms with Crippen molar-refractivity contribution >= 4 is 23.0 Å². The van der Waals surface area contributed by atoms with Gasteiger partial charge in [0.05, 0.1) is 23.5 Å². The Morgan fingerprint density at radius 3 is 2.85 bits per heavy atom. The van der Waals surface area contributed by atoms with Gasteiger partial charge in [-0.15, -0.1) is 0 Å². The van der Waals surface area contributed by atoms with Crippen molar-refractivity contribution < 1.29 is 22.7 Å². The molecular formula is C12H14F3N3O2. The van der Waals surface area contributed by atoms with Gasteiger partial charge in [0, 0.05) is 12.1 Å². The Labute approximate surface area is 113 Å². The molecule has 0 saturated carbocycles. The smallest absolute Gasteiger partial charge is 0.391 e. The summed E-state index contributed by atoms with van der Waals surface area (Å²) in [7, 11) is 0. The molecule has 1 amide bonds. The molecule has 0 aromatic heterocycles. The summed E-state index contributed by atoms with van der Waals surface area (Å²) in [6, 6.07) is 2.10. The van der Waals surface area contributed by atoms with E-state index in [-0.39, 0.29) is 18.2 Å². The molecule has 0 spiro atoms. The molecule has 1 aromatic carbocycles. The largest absolute Gasteiger partial charge is 0.482 e. The normalized spacial score (nSPS) is 15.9. The molecule has 1 aliphatic rings. The minimum absolute atomic E-state index is 0.107. The molecule has 0 fully saturated rings. The minimum Gasteiger partial charge on any atom is -0.482 e. The lowest BCUT2D eigenvalue weighted by Crippen LogP contribution is -2.27. The zero-order chi connectivity index (χ0) is 14.9. The molecular weight excluding hydrogens is 275 g/mol. The van der Waals surface area contributed by atoms with E-state index in [4.69, 9.17) is 10.5 Å². The van der Waals surface area contributed by atoms with Crippen LogP contribution >= 0.6 is 0 Å². The topological polar surface area (TPSA) is 76.4 Å². The Morgan fingerprint density at radius 2 is 2.20 bits per heavy atom. The molecule has 1 aromatic rings. The van der Waals surface area contributed by atoms with Gasteiger partial charge in [0.15, 0.2) is 6.61 Å². The second kappa shape index (κ2) is 5.10. The van der Waals surface area contributed by atoms with Gasteiger partial charge < -0.3 is 21.1 Å². The van der Waals surface area contributed by atoms with Crippen LogP contribution < -0.4 is 21.1 Å². The van der Waals surface area contributed by atoms with Crippen LogP contribution in [0.15, 0.2) is 12.1 Å². The molecule has 0 radical (unpaired) electrons. The molecule has 0 saturated heterocycles. The van der Waals surface area contributed by atoms with Gasteiger partial charge in [-0.1, -0.05) is 0 Å². The third-order valence-corrected chi connectivity index (χ3v) is 2.72. The van der Waals surface area contributed by atoms with Crippen LogP contribution in [0.1, 0.15) is 13.3 Å². The first-order chi connectivity index (χ1) is 9.24. The van der Waals surface area contributed by atoms with E-state index in [1.807, 2.05) is 0 Å². The van der Waals surface area contributed by atoms with E-state index in [1.54, 1.807) is 0 Å². The van der Waals surface area contributed by atoms with Gasteiger partial charge >= 0.3 is 6.18 Å². The minimum atomic E-state index is -4.26. The lowest BCUT2D eigenvalue weighted by molar-refractivity contribution is -0.136. The Hall–Kier alpha value is -2.12. The molecule has 1 heterocycles. The number of rotatable bonds is 3. The lowest BCUT2D eigenvalue weighted by atomic mass is 10.1. The number of fused-ring (bicyclic) bond motifs is 1. The van der Waals surface area contributed by atoms with Gasteiger partial charge in [0.2, 0.25) is 0 Å². The molecule has 1 atom stereocenters. The number of alkyl halides is 3. The third-order valence-electron chi connectivity index (χ3n) is 2.72.